The van der Waals surface area contributed by atoms with Crippen LogP contribution < -0.4 is 0 Å². The minimum Gasteiger partial charge on any atom is -0.481 e. The van der Waals surface area contributed by atoms with Gasteiger partial charge in [-0.25, -0.2) is 0 Å². The third-order valence-electron chi connectivity index (χ3n) is 2.40. The first-order chi connectivity index (χ1) is 6.97. The van der Waals surface area contributed by atoms with Crippen LogP contribution >= 0.6 is 0 Å². The molecule has 0 aromatic heterocycles. The van der Waals surface area contributed by atoms with E-state index in [1.165, 1.54) is 0 Å². The van der Waals surface area contributed by atoms with Crippen LogP contribution in [0.3, 0.4) is 0 Å². The summed E-state index contributed by atoms with van der Waals surface area (Å²) in [6.45, 7) is 11.0. The van der Waals surface area contributed by atoms with Crippen molar-refractivity contribution in [2.75, 3.05) is 19.6 Å². The lowest BCUT2D eigenvalue weighted by molar-refractivity contribution is -0.141. The van der Waals surface area contributed by atoms with Crippen LogP contribution in [0.5, 0.6) is 0 Å². The summed E-state index contributed by atoms with van der Waals surface area (Å²) in [6.07, 6.45) is 2.31. The van der Waals surface area contributed by atoms with Gasteiger partial charge in [-0.2, -0.15) is 0 Å². The summed E-state index contributed by atoms with van der Waals surface area (Å²) in [5.74, 6) is -0.358. The highest BCUT2D eigenvalue weighted by Crippen LogP contribution is 2.06. The predicted octanol–water partition coefficient (Wildman–Crippen LogP) is 2.47. The summed E-state index contributed by atoms with van der Waals surface area (Å²) in [7, 11) is 0. The lowest BCUT2D eigenvalue weighted by Gasteiger charge is -2.25. The van der Waals surface area contributed by atoms with Crippen LogP contribution in [0, 0.1) is 11.8 Å². The van der Waals surface area contributed by atoms with Gasteiger partial charge in [-0.05, 0) is 18.9 Å². The number of hydrogen-bond acceptors (Lipinski definition) is 2. The lowest BCUT2D eigenvalue weighted by atomic mass is 10.1. The summed E-state index contributed by atoms with van der Waals surface area (Å²) < 4.78 is 0. The van der Waals surface area contributed by atoms with Crippen LogP contribution in [0.4, 0.5) is 0 Å². The van der Waals surface area contributed by atoms with Crippen LogP contribution in [-0.4, -0.2) is 35.6 Å². The zero-order chi connectivity index (χ0) is 11.8. The maximum Gasteiger partial charge on any atom is 0.307 e. The molecule has 0 saturated carbocycles. The van der Waals surface area contributed by atoms with E-state index in [1.54, 1.807) is 6.92 Å². The molecule has 3 heteroatoms. The Bertz CT molecular complexity index is 180. The van der Waals surface area contributed by atoms with Gasteiger partial charge in [-0.15, -0.1) is 0 Å². The van der Waals surface area contributed by atoms with Crippen molar-refractivity contribution >= 4 is 5.97 Å². The van der Waals surface area contributed by atoms with Crippen LogP contribution in [0.2, 0.25) is 0 Å². The first-order valence-electron chi connectivity index (χ1n) is 5.92. The van der Waals surface area contributed by atoms with Gasteiger partial charge in [-0.3, -0.25) is 4.79 Å². The molecule has 0 fully saturated rings. The maximum absolute atomic E-state index is 10.8. The molecule has 1 unspecified atom stereocenters. The fraction of sp³-hybridized carbons (Fsp3) is 0.917. The monoisotopic (exact) mass is 215 g/mol. The molecule has 15 heavy (non-hydrogen) atoms. The second kappa shape index (κ2) is 7.69. The number of carbonyl (C=O) groups is 1. The Kier molecular flexibility index (Phi) is 7.39. The Morgan fingerprint density at radius 1 is 1.27 bits per heavy atom. The number of rotatable bonds is 8. The van der Waals surface area contributed by atoms with Crippen molar-refractivity contribution < 1.29 is 9.90 Å². The van der Waals surface area contributed by atoms with Crippen molar-refractivity contribution in [3.63, 3.8) is 0 Å². The molecule has 3 nitrogen and oxygen atoms in total. The van der Waals surface area contributed by atoms with Gasteiger partial charge in [-0.1, -0.05) is 34.1 Å². The zero-order valence-corrected chi connectivity index (χ0v) is 10.5. The van der Waals surface area contributed by atoms with Gasteiger partial charge in [0.05, 0.1) is 5.92 Å². The van der Waals surface area contributed by atoms with E-state index in [0.29, 0.717) is 12.5 Å². The van der Waals surface area contributed by atoms with E-state index in [4.69, 9.17) is 5.11 Å². The number of aliphatic carboxylic acids is 1. The zero-order valence-electron chi connectivity index (χ0n) is 10.5. The van der Waals surface area contributed by atoms with Crippen LogP contribution in [-0.2, 0) is 4.79 Å². The van der Waals surface area contributed by atoms with Gasteiger partial charge in [0.15, 0.2) is 0 Å². The predicted molar refractivity (Wildman–Crippen MR) is 63.0 cm³/mol. The van der Waals surface area contributed by atoms with Crippen LogP contribution in [0.1, 0.15) is 40.5 Å². The Balaban J connectivity index is 4.04. The third-order valence-corrected chi connectivity index (χ3v) is 2.40. The molecule has 1 atom stereocenters. The molecule has 0 aliphatic carbocycles. The van der Waals surface area contributed by atoms with Gasteiger partial charge >= 0.3 is 5.97 Å². The summed E-state index contributed by atoms with van der Waals surface area (Å²) >= 11 is 0. The molecule has 0 bridgehead atoms. The number of hydrogen-bond donors (Lipinski definition) is 1. The average Bonchev–Trinajstić information content (AvgIpc) is 2.13. The first-order valence-corrected chi connectivity index (χ1v) is 5.92. The average molecular weight is 215 g/mol. The molecule has 0 aromatic rings. The van der Waals surface area contributed by atoms with Crippen molar-refractivity contribution in [1.29, 1.82) is 0 Å². The molecule has 0 saturated heterocycles. The van der Waals surface area contributed by atoms with E-state index in [1.807, 2.05) is 0 Å². The quantitative estimate of drug-likeness (QED) is 0.676. The van der Waals surface area contributed by atoms with Gasteiger partial charge in [0.1, 0.15) is 0 Å². The third kappa shape index (κ3) is 7.37. The highest BCUT2D eigenvalue weighted by atomic mass is 16.4. The molecule has 0 rings (SSSR count). The SMILES string of the molecule is CCCCN(CC(C)C)CC(C)C(=O)O. The van der Waals surface area contributed by atoms with Crippen LogP contribution in [0.15, 0.2) is 0 Å². The molecular formula is C12H25NO2. The molecular weight excluding hydrogens is 190 g/mol. The summed E-state index contributed by atoms with van der Waals surface area (Å²) in [5.41, 5.74) is 0. The van der Waals surface area contributed by atoms with Crippen molar-refractivity contribution in [2.24, 2.45) is 11.8 Å². The number of nitrogens with zero attached hydrogens (tertiary/aromatic N) is 1. The van der Waals surface area contributed by atoms with E-state index < -0.39 is 5.97 Å². The molecule has 0 radical (unpaired) electrons. The van der Waals surface area contributed by atoms with E-state index >= 15 is 0 Å². The summed E-state index contributed by atoms with van der Waals surface area (Å²) in [6, 6.07) is 0. The van der Waals surface area contributed by atoms with Crippen molar-refractivity contribution in [3.05, 3.63) is 0 Å². The van der Waals surface area contributed by atoms with E-state index in [2.05, 4.69) is 25.7 Å². The first kappa shape index (κ1) is 14.4. The van der Waals surface area contributed by atoms with Crippen molar-refractivity contribution in [3.8, 4) is 0 Å². The van der Waals surface area contributed by atoms with Crippen LogP contribution in [0.25, 0.3) is 0 Å². The standard InChI is InChI=1S/C12H25NO2/c1-5-6-7-13(8-10(2)3)9-11(4)12(14)15/h10-11H,5-9H2,1-4H3,(H,14,15). The second-order valence-corrected chi connectivity index (χ2v) is 4.75. The fourth-order valence-electron chi connectivity index (χ4n) is 1.62. The van der Waals surface area contributed by atoms with E-state index in [0.717, 1.165) is 25.9 Å². The number of unbranched alkanes of at least 4 members (excludes halogenated alkanes) is 1. The molecule has 90 valence electrons. The van der Waals surface area contributed by atoms with Gasteiger partial charge in [0.2, 0.25) is 0 Å². The Morgan fingerprint density at radius 2 is 1.87 bits per heavy atom. The molecule has 0 aliphatic heterocycles. The Morgan fingerprint density at radius 3 is 2.27 bits per heavy atom. The topological polar surface area (TPSA) is 40.5 Å². The molecule has 0 spiro atoms. The normalized spacial score (nSPS) is 13.5. The summed E-state index contributed by atoms with van der Waals surface area (Å²) in [5, 5.41) is 8.86. The molecule has 1 N–H and O–H groups in total. The minimum absolute atomic E-state index is 0.263. The molecule has 0 amide bonds. The maximum atomic E-state index is 10.8. The fourth-order valence-corrected chi connectivity index (χ4v) is 1.62. The van der Waals surface area contributed by atoms with E-state index in [9.17, 15) is 4.79 Å². The molecule has 0 aromatic carbocycles. The Labute approximate surface area is 93.5 Å². The van der Waals surface area contributed by atoms with Gasteiger partial charge in [0, 0.05) is 13.1 Å². The minimum atomic E-state index is -0.694. The largest absolute Gasteiger partial charge is 0.481 e. The summed E-state index contributed by atoms with van der Waals surface area (Å²) in [4.78, 5) is 13.0. The second-order valence-electron chi connectivity index (χ2n) is 4.75. The Hall–Kier alpha value is -0.570. The van der Waals surface area contributed by atoms with Crippen molar-refractivity contribution in [1.82, 2.24) is 4.90 Å². The highest BCUT2D eigenvalue weighted by Gasteiger charge is 2.16. The lowest BCUT2D eigenvalue weighted by Crippen LogP contribution is -2.35. The number of carboxylic acids is 1. The van der Waals surface area contributed by atoms with E-state index in [-0.39, 0.29) is 5.92 Å². The van der Waals surface area contributed by atoms with Crippen molar-refractivity contribution in [2.45, 2.75) is 40.5 Å². The number of carboxylic acid groups (broad SMARTS) is 1. The van der Waals surface area contributed by atoms with Gasteiger partial charge in [0.25, 0.3) is 0 Å². The van der Waals surface area contributed by atoms with Gasteiger partial charge < -0.3 is 10.0 Å². The highest BCUT2D eigenvalue weighted by molar-refractivity contribution is 5.69. The smallest absolute Gasteiger partial charge is 0.307 e. The molecule has 0 aliphatic rings. The molecule has 0 heterocycles.